The zero-order valence-corrected chi connectivity index (χ0v) is 15.8. The van der Waals surface area contributed by atoms with Crippen LogP contribution >= 0.6 is 11.8 Å². The van der Waals surface area contributed by atoms with Crippen molar-refractivity contribution in [2.24, 2.45) is 0 Å². The highest BCUT2D eigenvalue weighted by Gasteiger charge is 2.30. The fraction of sp³-hybridized carbons (Fsp3) is 0.389. The Labute approximate surface area is 156 Å². The fourth-order valence-electron chi connectivity index (χ4n) is 2.96. The number of aromatic nitrogens is 2. The minimum atomic E-state index is -0.387. The number of aryl methyl sites for hydroxylation is 1. The Morgan fingerprint density at radius 3 is 3.00 bits per heavy atom. The zero-order valence-electron chi connectivity index (χ0n) is 14.9. The second kappa shape index (κ2) is 7.82. The molecule has 7 nitrogen and oxygen atoms in total. The van der Waals surface area contributed by atoms with Crippen LogP contribution in [0.4, 0.5) is 5.82 Å². The molecule has 2 aromatic rings. The van der Waals surface area contributed by atoms with Crippen LogP contribution in [-0.2, 0) is 20.9 Å². The first-order valence-corrected chi connectivity index (χ1v) is 9.36. The van der Waals surface area contributed by atoms with Crippen LogP contribution in [0.15, 0.2) is 24.3 Å². The average molecular weight is 375 g/mol. The molecule has 138 valence electrons. The molecule has 0 radical (unpaired) electrons. The molecule has 1 aliphatic heterocycles. The normalized spacial score (nSPS) is 16.4. The average Bonchev–Trinajstić information content (AvgIpc) is 2.80. The standard InChI is InChI=1S/C18H21N3O4S/c1-4-25-15(23)9-21-18-16(11(2)20-21)17(26-10-14(22)19-18)12-6-5-7-13(8-12)24-3/h5-8,17H,4,9-10H2,1-3H3,(H,19,22)/t17-/m1/s1. The fourth-order valence-corrected chi connectivity index (χ4v) is 4.14. The molecule has 0 fully saturated rings. The first-order chi connectivity index (χ1) is 12.5. The summed E-state index contributed by atoms with van der Waals surface area (Å²) in [5.74, 6) is 1.12. The van der Waals surface area contributed by atoms with Crippen LogP contribution in [0.5, 0.6) is 5.75 Å². The van der Waals surface area contributed by atoms with Crippen molar-refractivity contribution < 1.29 is 19.1 Å². The number of fused-ring (bicyclic) bond motifs is 1. The van der Waals surface area contributed by atoms with Crippen molar-refractivity contribution in [2.45, 2.75) is 25.6 Å². The van der Waals surface area contributed by atoms with Crippen LogP contribution in [0.25, 0.3) is 0 Å². The smallest absolute Gasteiger partial charge is 0.327 e. The van der Waals surface area contributed by atoms with Crippen molar-refractivity contribution >= 4 is 29.5 Å². The molecule has 1 aromatic heterocycles. The number of benzene rings is 1. The van der Waals surface area contributed by atoms with Crippen LogP contribution in [-0.4, -0.2) is 41.1 Å². The predicted octanol–water partition coefficient (Wildman–Crippen LogP) is 2.54. The summed E-state index contributed by atoms with van der Waals surface area (Å²) in [5, 5.41) is 7.27. The van der Waals surface area contributed by atoms with Crippen molar-refractivity contribution in [3.63, 3.8) is 0 Å². The molecular formula is C18H21N3O4S. The van der Waals surface area contributed by atoms with E-state index in [-0.39, 0.29) is 23.7 Å². The molecule has 1 atom stereocenters. The summed E-state index contributed by atoms with van der Waals surface area (Å²) >= 11 is 1.53. The molecule has 1 amide bonds. The molecule has 1 aromatic carbocycles. The maximum Gasteiger partial charge on any atom is 0.327 e. The number of amides is 1. The van der Waals surface area contributed by atoms with Gasteiger partial charge in [0.15, 0.2) is 0 Å². The number of hydrogen-bond donors (Lipinski definition) is 1. The third-order valence-electron chi connectivity index (χ3n) is 4.06. The SMILES string of the molecule is CCOC(=O)Cn1nc(C)c2c1NC(=O)CS[C@@H]2c1cccc(OC)c1. The van der Waals surface area contributed by atoms with E-state index >= 15 is 0 Å². The molecule has 0 unspecified atom stereocenters. The zero-order chi connectivity index (χ0) is 18.7. The molecule has 1 N–H and O–H groups in total. The molecule has 0 bridgehead atoms. The van der Waals surface area contributed by atoms with Gasteiger partial charge in [0.1, 0.15) is 18.1 Å². The largest absolute Gasteiger partial charge is 0.497 e. The van der Waals surface area contributed by atoms with E-state index in [1.54, 1.807) is 14.0 Å². The highest BCUT2D eigenvalue weighted by molar-refractivity contribution is 8.00. The number of nitrogens with zero attached hydrogens (tertiary/aromatic N) is 2. The summed E-state index contributed by atoms with van der Waals surface area (Å²) in [4.78, 5) is 24.1. The molecule has 2 heterocycles. The van der Waals surface area contributed by atoms with E-state index in [4.69, 9.17) is 9.47 Å². The lowest BCUT2D eigenvalue weighted by atomic mass is 10.0. The van der Waals surface area contributed by atoms with Crippen LogP contribution in [0, 0.1) is 6.92 Å². The van der Waals surface area contributed by atoms with E-state index in [1.165, 1.54) is 16.4 Å². The van der Waals surface area contributed by atoms with Crippen LogP contribution < -0.4 is 10.1 Å². The monoisotopic (exact) mass is 375 g/mol. The van der Waals surface area contributed by atoms with E-state index in [1.807, 2.05) is 31.2 Å². The molecular weight excluding hydrogens is 354 g/mol. The number of carbonyl (C=O) groups excluding carboxylic acids is 2. The summed E-state index contributed by atoms with van der Waals surface area (Å²) in [6.45, 7) is 3.89. The van der Waals surface area contributed by atoms with E-state index in [0.29, 0.717) is 18.2 Å². The van der Waals surface area contributed by atoms with Gasteiger partial charge in [-0.15, -0.1) is 11.8 Å². The number of ether oxygens (including phenoxy) is 2. The van der Waals surface area contributed by atoms with Gasteiger partial charge in [-0.1, -0.05) is 12.1 Å². The van der Waals surface area contributed by atoms with Gasteiger partial charge in [-0.05, 0) is 31.5 Å². The lowest BCUT2D eigenvalue weighted by Crippen LogP contribution is -2.20. The van der Waals surface area contributed by atoms with E-state index in [9.17, 15) is 9.59 Å². The molecule has 0 aliphatic carbocycles. The van der Waals surface area contributed by atoms with Crippen molar-refractivity contribution in [3.8, 4) is 5.75 Å². The Kier molecular flexibility index (Phi) is 5.51. The van der Waals surface area contributed by atoms with Crippen LogP contribution in [0.3, 0.4) is 0 Å². The topological polar surface area (TPSA) is 82.5 Å². The summed E-state index contributed by atoms with van der Waals surface area (Å²) in [6.07, 6.45) is 0. The van der Waals surface area contributed by atoms with Crippen molar-refractivity contribution in [3.05, 3.63) is 41.1 Å². The number of carbonyl (C=O) groups is 2. The number of nitrogens with one attached hydrogen (secondary N) is 1. The minimum absolute atomic E-state index is 0.0419. The van der Waals surface area contributed by atoms with Gasteiger partial charge in [0.25, 0.3) is 0 Å². The summed E-state index contributed by atoms with van der Waals surface area (Å²) in [5.41, 5.74) is 2.69. The third kappa shape index (κ3) is 3.70. The Morgan fingerprint density at radius 1 is 1.46 bits per heavy atom. The van der Waals surface area contributed by atoms with Gasteiger partial charge < -0.3 is 14.8 Å². The Bertz CT molecular complexity index is 834. The highest BCUT2D eigenvalue weighted by atomic mass is 32.2. The molecule has 3 rings (SSSR count). The molecule has 0 spiro atoms. The van der Waals surface area contributed by atoms with Gasteiger partial charge in [0.05, 0.1) is 30.4 Å². The summed E-state index contributed by atoms with van der Waals surface area (Å²) in [6, 6.07) is 7.76. The van der Waals surface area contributed by atoms with Crippen LogP contribution in [0.1, 0.15) is 29.0 Å². The maximum atomic E-state index is 12.2. The Hall–Kier alpha value is -2.48. The van der Waals surface area contributed by atoms with Gasteiger partial charge in [0.2, 0.25) is 5.91 Å². The summed E-state index contributed by atoms with van der Waals surface area (Å²) in [7, 11) is 1.62. The molecule has 1 aliphatic rings. The molecule has 8 heteroatoms. The van der Waals surface area contributed by atoms with Gasteiger partial charge in [-0.3, -0.25) is 9.59 Å². The minimum Gasteiger partial charge on any atom is -0.497 e. The highest BCUT2D eigenvalue weighted by Crippen LogP contribution is 2.43. The van der Waals surface area contributed by atoms with Gasteiger partial charge >= 0.3 is 5.97 Å². The van der Waals surface area contributed by atoms with E-state index < -0.39 is 0 Å². The van der Waals surface area contributed by atoms with Crippen molar-refractivity contribution in [1.29, 1.82) is 0 Å². The molecule has 0 saturated carbocycles. The number of hydrogen-bond acceptors (Lipinski definition) is 6. The van der Waals surface area contributed by atoms with Crippen molar-refractivity contribution in [1.82, 2.24) is 9.78 Å². The quantitative estimate of drug-likeness (QED) is 0.809. The van der Waals surface area contributed by atoms with Gasteiger partial charge in [-0.2, -0.15) is 5.10 Å². The van der Waals surface area contributed by atoms with Gasteiger partial charge in [0, 0.05) is 5.56 Å². The number of anilines is 1. The molecule has 26 heavy (non-hydrogen) atoms. The number of rotatable bonds is 5. The number of methoxy groups -OCH3 is 1. The molecule has 0 saturated heterocycles. The van der Waals surface area contributed by atoms with Crippen LogP contribution in [0.2, 0.25) is 0 Å². The third-order valence-corrected chi connectivity index (χ3v) is 5.33. The number of esters is 1. The second-order valence-corrected chi connectivity index (χ2v) is 6.92. The first-order valence-electron chi connectivity index (χ1n) is 8.31. The van der Waals surface area contributed by atoms with E-state index in [2.05, 4.69) is 10.4 Å². The number of thioether (sulfide) groups is 1. The van der Waals surface area contributed by atoms with Crippen molar-refractivity contribution in [2.75, 3.05) is 24.8 Å². The van der Waals surface area contributed by atoms with Gasteiger partial charge in [-0.25, -0.2) is 4.68 Å². The predicted molar refractivity (Wildman–Crippen MR) is 99.5 cm³/mol. The lowest BCUT2D eigenvalue weighted by molar-refractivity contribution is -0.144. The maximum absolute atomic E-state index is 12.2. The first kappa shape index (κ1) is 18.3. The lowest BCUT2D eigenvalue weighted by Gasteiger charge is -2.16. The summed E-state index contributed by atoms with van der Waals surface area (Å²) < 4.78 is 11.9. The Morgan fingerprint density at radius 2 is 2.27 bits per heavy atom. The second-order valence-electron chi connectivity index (χ2n) is 5.83. The van der Waals surface area contributed by atoms with E-state index in [0.717, 1.165) is 22.6 Å². The Balaban J connectivity index is 2.04.